The molecule has 0 bridgehead atoms. The smallest absolute Gasteiger partial charge is 0.319 e. The van der Waals surface area contributed by atoms with Gasteiger partial charge in [0.2, 0.25) is 0 Å². The van der Waals surface area contributed by atoms with Gasteiger partial charge in [0, 0.05) is 23.2 Å². The largest absolute Gasteiger partial charge is 0.495 e. The molecule has 1 unspecified atom stereocenters. The van der Waals surface area contributed by atoms with Crippen molar-refractivity contribution in [1.29, 1.82) is 0 Å². The maximum absolute atomic E-state index is 12.5. The van der Waals surface area contributed by atoms with E-state index in [4.69, 9.17) is 9.15 Å². The molecule has 1 aliphatic carbocycles. The Morgan fingerprint density at radius 3 is 2.63 bits per heavy atom. The Kier molecular flexibility index (Phi) is 5.70. The molecule has 30 heavy (non-hydrogen) atoms. The molecule has 1 aliphatic rings. The number of hydrogen-bond acceptors (Lipinski definition) is 4. The lowest BCUT2D eigenvalue weighted by atomic mass is 9.93. The molecular weight excluding hydrogens is 382 g/mol. The molecule has 0 aliphatic heterocycles. The van der Waals surface area contributed by atoms with E-state index >= 15 is 0 Å². The van der Waals surface area contributed by atoms with Crippen molar-refractivity contribution in [3.8, 4) is 5.75 Å². The van der Waals surface area contributed by atoms with Crippen molar-refractivity contribution in [2.45, 2.75) is 25.3 Å². The third-order valence-electron chi connectivity index (χ3n) is 5.12. The number of ether oxygens (including phenoxy) is 1. The van der Waals surface area contributed by atoms with Crippen molar-refractivity contribution >= 4 is 23.3 Å². The van der Waals surface area contributed by atoms with Gasteiger partial charge in [-0.15, -0.1) is 0 Å². The average molecular weight is 405 g/mol. The first-order valence-electron chi connectivity index (χ1n) is 9.82. The number of aryl methyl sites for hydroxylation is 1. The number of hydrogen-bond donors (Lipinski definition) is 3. The lowest BCUT2D eigenvalue weighted by molar-refractivity contribution is 0.102. The summed E-state index contributed by atoms with van der Waals surface area (Å²) in [5.41, 5.74) is 2.71. The Morgan fingerprint density at radius 1 is 1.03 bits per heavy atom. The van der Waals surface area contributed by atoms with Gasteiger partial charge in [0.1, 0.15) is 11.5 Å². The number of nitrogens with one attached hydrogen (secondary N) is 3. The van der Waals surface area contributed by atoms with Gasteiger partial charge in [0.25, 0.3) is 5.91 Å². The van der Waals surface area contributed by atoms with Crippen LogP contribution in [0.4, 0.5) is 16.2 Å². The molecule has 4 rings (SSSR count). The molecule has 0 spiro atoms. The van der Waals surface area contributed by atoms with Crippen LogP contribution >= 0.6 is 0 Å². The average Bonchev–Trinajstić information content (AvgIpc) is 3.24. The molecule has 3 N–H and O–H groups in total. The number of methoxy groups -OCH3 is 1. The van der Waals surface area contributed by atoms with Crippen LogP contribution in [0.1, 0.15) is 40.6 Å². The molecule has 154 valence electrons. The summed E-state index contributed by atoms with van der Waals surface area (Å²) in [4.78, 5) is 24.9. The van der Waals surface area contributed by atoms with Crippen molar-refractivity contribution in [3.63, 3.8) is 0 Å². The Morgan fingerprint density at radius 2 is 1.83 bits per heavy atom. The number of fused-ring (bicyclic) bond motifs is 1. The second-order valence-electron chi connectivity index (χ2n) is 7.07. The second kappa shape index (κ2) is 8.73. The predicted octanol–water partition coefficient (Wildman–Crippen LogP) is 4.74. The zero-order valence-electron chi connectivity index (χ0n) is 16.6. The van der Waals surface area contributed by atoms with Gasteiger partial charge in [-0.1, -0.05) is 12.1 Å². The molecule has 7 heteroatoms. The first-order chi connectivity index (χ1) is 14.6. The quantitative estimate of drug-likeness (QED) is 0.572. The normalized spacial score (nSPS) is 15.0. The molecular formula is C23H23N3O4. The SMILES string of the molecule is COc1ccccc1NC(=O)c1ccc(NC(=O)NC2CCCc3occc32)cc1. The number of rotatable bonds is 5. The number of amides is 3. The minimum atomic E-state index is -0.291. The van der Waals surface area contributed by atoms with E-state index in [0.717, 1.165) is 30.6 Å². The van der Waals surface area contributed by atoms with Gasteiger partial charge in [-0.3, -0.25) is 4.79 Å². The van der Waals surface area contributed by atoms with E-state index in [9.17, 15) is 9.59 Å². The fraction of sp³-hybridized carbons (Fsp3) is 0.217. The van der Waals surface area contributed by atoms with Crippen LogP contribution < -0.4 is 20.7 Å². The minimum Gasteiger partial charge on any atom is -0.495 e. The highest BCUT2D eigenvalue weighted by Crippen LogP contribution is 2.30. The van der Waals surface area contributed by atoms with Gasteiger partial charge in [-0.2, -0.15) is 0 Å². The maximum Gasteiger partial charge on any atom is 0.319 e. The third kappa shape index (κ3) is 4.30. The van der Waals surface area contributed by atoms with E-state index in [0.29, 0.717) is 22.7 Å². The Bertz CT molecular complexity index is 1040. The van der Waals surface area contributed by atoms with E-state index in [1.165, 1.54) is 0 Å². The standard InChI is InChI=1S/C23H23N3O4/c1-29-21-7-3-2-5-19(21)25-22(27)15-9-11-16(12-10-15)24-23(28)26-18-6-4-8-20-17(18)13-14-30-20/h2-3,5,7,9-14,18H,4,6,8H2,1H3,(H,25,27)(H2,24,26,28). The van der Waals surface area contributed by atoms with E-state index in [-0.39, 0.29) is 18.0 Å². The van der Waals surface area contributed by atoms with Crippen LogP contribution in [0.15, 0.2) is 65.3 Å². The summed E-state index contributed by atoms with van der Waals surface area (Å²) in [7, 11) is 1.55. The first-order valence-corrected chi connectivity index (χ1v) is 9.82. The molecule has 1 atom stereocenters. The third-order valence-corrected chi connectivity index (χ3v) is 5.12. The van der Waals surface area contributed by atoms with E-state index < -0.39 is 0 Å². The van der Waals surface area contributed by atoms with Crippen molar-refractivity contribution in [1.82, 2.24) is 5.32 Å². The first kappa shape index (κ1) is 19.6. The van der Waals surface area contributed by atoms with Crippen LogP contribution in [0.2, 0.25) is 0 Å². The van der Waals surface area contributed by atoms with Crippen molar-refractivity contribution < 1.29 is 18.7 Å². The van der Waals surface area contributed by atoms with Gasteiger partial charge in [0.05, 0.1) is 25.1 Å². The molecule has 3 amide bonds. The van der Waals surface area contributed by atoms with E-state index in [1.54, 1.807) is 49.8 Å². The minimum absolute atomic E-state index is 0.0570. The molecule has 1 aromatic heterocycles. The van der Waals surface area contributed by atoms with Crippen LogP contribution in [0.25, 0.3) is 0 Å². The number of carbonyl (C=O) groups is 2. The van der Waals surface area contributed by atoms with Crippen molar-refractivity contribution in [2.24, 2.45) is 0 Å². The second-order valence-corrected chi connectivity index (χ2v) is 7.07. The number of para-hydroxylation sites is 2. The summed E-state index contributed by atoms with van der Waals surface area (Å²) in [6, 6.07) is 15.5. The van der Waals surface area contributed by atoms with E-state index in [2.05, 4.69) is 16.0 Å². The Labute approximate surface area is 174 Å². The summed E-state index contributed by atoms with van der Waals surface area (Å²) >= 11 is 0. The summed E-state index contributed by atoms with van der Waals surface area (Å²) in [6.07, 6.45) is 4.42. The van der Waals surface area contributed by atoms with Gasteiger partial charge < -0.3 is 25.1 Å². The molecule has 2 aromatic carbocycles. The van der Waals surface area contributed by atoms with Crippen molar-refractivity contribution in [2.75, 3.05) is 17.7 Å². The summed E-state index contributed by atoms with van der Waals surface area (Å²) < 4.78 is 10.7. The zero-order valence-corrected chi connectivity index (χ0v) is 16.6. The van der Waals surface area contributed by atoms with Crippen LogP contribution in [0.3, 0.4) is 0 Å². The highest BCUT2D eigenvalue weighted by Gasteiger charge is 2.24. The van der Waals surface area contributed by atoms with Crippen LogP contribution in [0, 0.1) is 0 Å². The summed E-state index contributed by atoms with van der Waals surface area (Å²) in [6.45, 7) is 0. The number of furan rings is 1. The molecule has 0 radical (unpaired) electrons. The lowest BCUT2D eigenvalue weighted by Gasteiger charge is -2.22. The predicted molar refractivity (Wildman–Crippen MR) is 114 cm³/mol. The fourth-order valence-corrected chi connectivity index (χ4v) is 3.61. The summed E-state index contributed by atoms with van der Waals surface area (Å²) in [5, 5.41) is 8.63. The topological polar surface area (TPSA) is 92.6 Å². The van der Waals surface area contributed by atoms with Gasteiger partial charge >= 0.3 is 6.03 Å². The highest BCUT2D eigenvalue weighted by molar-refractivity contribution is 6.05. The van der Waals surface area contributed by atoms with Crippen LogP contribution in [-0.2, 0) is 6.42 Å². The molecule has 0 saturated carbocycles. The molecule has 7 nitrogen and oxygen atoms in total. The van der Waals surface area contributed by atoms with E-state index in [1.807, 2.05) is 18.2 Å². The van der Waals surface area contributed by atoms with Crippen LogP contribution in [0.5, 0.6) is 5.75 Å². The monoisotopic (exact) mass is 405 g/mol. The number of benzene rings is 2. The van der Waals surface area contributed by atoms with Crippen molar-refractivity contribution in [3.05, 3.63) is 77.7 Å². The molecule has 1 heterocycles. The Hall–Kier alpha value is -3.74. The number of carbonyl (C=O) groups excluding carboxylic acids is 2. The zero-order chi connectivity index (χ0) is 20.9. The summed E-state index contributed by atoms with van der Waals surface area (Å²) in [5.74, 6) is 1.27. The molecule has 3 aromatic rings. The van der Waals surface area contributed by atoms with Crippen LogP contribution in [-0.4, -0.2) is 19.0 Å². The molecule has 0 fully saturated rings. The highest BCUT2D eigenvalue weighted by atomic mass is 16.5. The van der Waals surface area contributed by atoms with Gasteiger partial charge in [0.15, 0.2) is 0 Å². The fourth-order valence-electron chi connectivity index (χ4n) is 3.61. The van der Waals surface area contributed by atoms with Gasteiger partial charge in [-0.05, 0) is 55.3 Å². The number of urea groups is 1. The molecule has 0 saturated heterocycles. The van der Waals surface area contributed by atoms with Gasteiger partial charge in [-0.25, -0.2) is 4.79 Å². The number of anilines is 2. The Balaban J connectivity index is 1.36. The maximum atomic E-state index is 12.5. The lowest BCUT2D eigenvalue weighted by Crippen LogP contribution is -2.34.